The number of hydrogen-bond donors (Lipinski definition) is 1. The van der Waals surface area contributed by atoms with Gasteiger partial charge in [0.15, 0.2) is 0 Å². The van der Waals surface area contributed by atoms with E-state index in [1.807, 2.05) is 24.3 Å². The van der Waals surface area contributed by atoms with Crippen LogP contribution in [-0.2, 0) is 7.05 Å². The van der Waals surface area contributed by atoms with Crippen LogP contribution in [0.3, 0.4) is 0 Å². The van der Waals surface area contributed by atoms with Gasteiger partial charge in [0.1, 0.15) is 0 Å². The van der Waals surface area contributed by atoms with Gasteiger partial charge in [-0.15, -0.1) is 11.3 Å². The van der Waals surface area contributed by atoms with Crippen LogP contribution >= 0.6 is 11.3 Å². The SMILES string of the molecule is CCCN1CCN(CCCNC(=O)c2cc3c(=O)n(C)c4ccccc4c3s2)CC1. The molecule has 3 aromatic rings. The van der Waals surface area contributed by atoms with Crippen LogP contribution in [0.5, 0.6) is 0 Å². The normalized spacial score (nSPS) is 15.8. The number of benzene rings is 1. The highest BCUT2D eigenvalue weighted by molar-refractivity contribution is 7.21. The van der Waals surface area contributed by atoms with Gasteiger partial charge in [-0.3, -0.25) is 9.59 Å². The molecule has 1 aromatic carbocycles. The highest BCUT2D eigenvalue weighted by Crippen LogP contribution is 2.30. The molecule has 1 aliphatic rings. The molecule has 1 fully saturated rings. The molecule has 0 atom stereocenters. The minimum atomic E-state index is -0.0879. The summed E-state index contributed by atoms with van der Waals surface area (Å²) in [6, 6.07) is 9.59. The monoisotopic (exact) mass is 426 g/mol. The molecule has 160 valence electrons. The van der Waals surface area contributed by atoms with Crippen molar-refractivity contribution in [1.29, 1.82) is 0 Å². The molecule has 0 unspecified atom stereocenters. The van der Waals surface area contributed by atoms with Crippen molar-refractivity contribution in [3.63, 3.8) is 0 Å². The Kier molecular flexibility index (Phi) is 6.51. The molecule has 1 aliphatic heterocycles. The van der Waals surface area contributed by atoms with Crippen LogP contribution in [0.2, 0.25) is 0 Å². The molecule has 1 saturated heterocycles. The van der Waals surface area contributed by atoms with Crippen LogP contribution in [-0.4, -0.2) is 66.1 Å². The van der Waals surface area contributed by atoms with Gasteiger partial charge in [0.2, 0.25) is 0 Å². The Labute approximate surface area is 181 Å². The van der Waals surface area contributed by atoms with Gasteiger partial charge in [-0.2, -0.15) is 0 Å². The summed E-state index contributed by atoms with van der Waals surface area (Å²) < 4.78 is 2.55. The van der Waals surface area contributed by atoms with Crippen molar-refractivity contribution >= 4 is 38.2 Å². The maximum atomic E-state index is 12.7. The molecular weight excluding hydrogens is 396 g/mol. The van der Waals surface area contributed by atoms with Crippen molar-refractivity contribution in [2.24, 2.45) is 7.05 Å². The lowest BCUT2D eigenvalue weighted by Crippen LogP contribution is -2.47. The smallest absolute Gasteiger partial charge is 0.261 e. The van der Waals surface area contributed by atoms with E-state index in [-0.39, 0.29) is 11.5 Å². The Morgan fingerprint density at radius 1 is 1.07 bits per heavy atom. The molecule has 0 saturated carbocycles. The number of para-hydroxylation sites is 1. The van der Waals surface area contributed by atoms with Crippen molar-refractivity contribution in [3.8, 4) is 0 Å². The van der Waals surface area contributed by atoms with Crippen molar-refractivity contribution in [3.05, 3.63) is 45.6 Å². The van der Waals surface area contributed by atoms with Crippen molar-refractivity contribution < 1.29 is 4.79 Å². The molecule has 30 heavy (non-hydrogen) atoms. The first-order chi connectivity index (χ1) is 14.6. The van der Waals surface area contributed by atoms with E-state index >= 15 is 0 Å². The average Bonchev–Trinajstić information content (AvgIpc) is 3.22. The van der Waals surface area contributed by atoms with Crippen LogP contribution in [0.25, 0.3) is 21.0 Å². The fourth-order valence-electron chi connectivity index (χ4n) is 4.25. The number of nitrogens with one attached hydrogen (secondary N) is 1. The van der Waals surface area contributed by atoms with E-state index in [9.17, 15) is 9.59 Å². The summed E-state index contributed by atoms with van der Waals surface area (Å²) in [5.41, 5.74) is 0.837. The molecule has 1 amide bonds. The standard InChI is InChI=1S/C23H30N4O2S/c1-3-10-26-12-14-27(15-13-26)11-6-9-24-22(28)20-16-18-21(30-20)17-7-4-5-8-19(17)25(2)23(18)29/h4-5,7-8,16H,3,6,9-15H2,1-2H3,(H,24,28). The maximum Gasteiger partial charge on any atom is 0.261 e. The number of aryl methyl sites for hydroxylation is 1. The van der Waals surface area contributed by atoms with E-state index in [0.29, 0.717) is 16.8 Å². The van der Waals surface area contributed by atoms with E-state index in [1.54, 1.807) is 17.7 Å². The third-order valence-corrected chi connectivity index (χ3v) is 7.11. The number of carbonyl (C=O) groups excluding carboxylic acids is 1. The number of pyridine rings is 1. The maximum absolute atomic E-state index is 12.7. The van der Waals surface area contributed by atoms with Crippen molar-refractivity contribution in [2.45, 2.75) is 19.8 Å². The molecule has 0 spiro atoms. The molecule has 6 nitrogen and oxygen atoms in total. The summed E-state index contributed by atoms with van der Waals surface area (Å²) in [6.07, 6.45) is 2.15. The summed E-state index contributed by atoms with van der Waals surface area (Å²) in [4.78, 5) is 31.0. The number of amides is 1. The Hall–Kier alpha value is -2.22. The zero-order valence-electron chi connectivity index (χ0n) is 17.8. The third kappa shape index (κ3) is 4.29. The first kappa shape index (κ1) is 21.0. The van der Waals surface area contributed by atoms with Crippen molar-refractivity contribution in [2.75, 3.05) is 45.8 Å². The van der Waals surface area contributed by atoms with Crippen LogP contribution < -0.4 is 10.9 Å². The topological polar surface area (TPSA) is 57.6 Å². The molecule has 2 aromatic heterocycles. The van der Waals surface area contributed by atoms with Gasteiger partial charge in [-0.25, -0.2) is 0 Å². The number of nitrogens with zero attached hydrogens (tertiary/aromatic N) is 3. The summed E-state index contributed by atoms with van der Waals surface area (Å²) >= 11 is 1.41. The number of aromatic nitrogens is 1. The second-order valence-electron chi connectivity index (χ2n) is 8.03. The van der Waals surface area contributed by atoms with Gasteiger partial charge in [0.25, 0.3) is 11.5 Å². The Balaban J connectivity index is 1.36. The van der Waals surface area contributed by atoms with E-state index in [0.717, 1.165) is 54.7 Å². The molecule has 1 N–H and O–H groups in total. The van der Waals surface area contributed by atoms with Crippen LogP contribution in [0.4, 0.5) is 0 Å². The molecular formula is C23H30N4O2S. The highest BCUT2D eigenvalue weighted by atomic mass is 32.1. The van der Waals surface area contributed by atoms with Crippen LogP contribution in [0.1, 0.15) is 29.4 Å². The highest BCUT2D eigenvalue weighted by Gasteiger charge is 2.17. The molecule has 7 heteroatoms. The largest absolute Gasteiger partial charge is 0.351 e. The molecule has 3 heterocycles. The number of rotatable bonds is 7. The van der Waals surface area contributed by atoms with Gasteiger partial charge in [0, 0.05) is 49.9 Å². The van der Waals surface area contributed by atoms with Gasteiger partial charge >= 0.3 is 0 Å². The minimum absolute atomic E-state index is 0.0544. The number of thiophene rings is 1. The summed E-state index contributed by atoms with van der Waals surface area (Å²) in [5.74, 6) is -0.0879. The van der Waals surface area contributed by atoms with Crippen LogP contribution in [0.15, 0.2) is 35.1 Å². The van der Waals surface area contributed by atoms with E-state index in [1.165, 1.54) is 24.3 Å². The van der Waals surface area contributed by atoms with Gasteiger partial charge < -0.3 is 19.7 Å². The predicted octanol–water partition coefficient (Wildman–Crippen LogP) is 2.90. The number of fused-ring (bicyclic) bond motifs is 3. The van der Waals surface area contributed by atoms with Crippen molar-refractivity contribution in [1.82, 2.24) is 19.7 Å². The number of hydrogen-bond acceptors (Lipinski definition) is 5. The molecule has 4 rings (SSSR count). The predicted molar refractivity (Wildman–Crippen MR) is 125 cm³/mol. The third-order valence-electron chi connectivity index (χ3n) is 5.94. The Bertz CT molecular complexity index is 1100. The van der Waals surface area contributed by atoms with Crippen LogP contribution in [0, 0.1) is 0 Å². The molecule has 0 radical (unpaired) electrons. The van der Waals surface area contributed by atoms with E-state index in [4.69, 9.17) is 0 Å². The summed E-state index contributed by atoms with van der Waals surface area (Å²) in [7, 11) is 1.78. The van der Waals surface area contributed by atoms with Gasteiger partial charge in [-0.1, -0.05) is 25.1 Å². The Morgan fingerprint density at radius 3 is 2.50 bits per heavy atom. The fourth-order valence-corrected chi connectivity index (χ4v) is 5.35. The second-order valence-corrected chi connectivity index (χ2v) is 9.08. The Morgan fingerprint density at radius 2 is 1.77 bits per heavy atom. The number of piperazine rings is 1. The quantitative estimate of drug-likeness (QED) is 0.590. The number of carbonyl (C=O) groups is 1. The summed E-state index contributed by atoms with van der Waals surface area (Å²) in [6.45, 7) is 9.60. The molecule has 0 aliphatic carbocycles. The zero-order chi connectivity index (χ0) is 21.1. The lowest BCUT2D eigenvalue weighted by molar-refractivity contribution is 0.0952. The fraction of sp³-hybridized carbons (Fsp3) is 0.478. The first-order valence-electron chi connectivity index (χ1n) is 10.8. The lowest BCUT2D eigenvalue weighted by Gasteiger charge is -2.34. The lowest BCUT2D eigenvalue weighted by atomic mass is 10.2. The second kappa shape index (κ2) is 9.29. The van der Waals surface area contributed by atoms with Gasteiger partial charge in [-0.05, 0) is 38.1 Å². The molecule has 0 bridgehead atoms. The first-order valence-corrected chi connectivity index (χ1v) is 11.6. The van der Waals surface area contributed by atoms with E-state index in [2.05, 4.69) is 22.0 Å². The van der Waals surface area contributed by atoms with Gasteiger partial charge in [0.05, 0.1) is 15.8 Å². The summed E-state index contributed by atoms with van der Waals surface area (Å²) in [5, 5.41) is 4.67. The zero-order valence-corrected chi connectivity index (χ0v) is 18.6. The minimum Gasteiger partial charge on any atom is -0.351 e. The average molecular weight is 427 g/mol. The van der Waals surface area contributed by atoms with E-state index < -0.39 is 0 Å².